The molecule has 1 saturated heterocycles. The number of benzene rings is 2. The Morgan fingerprint density at radius 3 is 2.47 bits per heavy atom. The van der Waals surface area contributed by atoms with Gasteiger partial charge in [-0.05, 0) is 43.3 Å². The van der Waals surface area contributed by atoms with Crippen molar-refractivity contribution in [3.63, 3.8) is 0 Å². The fraction of sp³-hybridized carbons (Fsp3) is 0.318. The van der Waals surface area contributed by atoms with Crippen LogP contribution in [0.5, 0.6) is 5.75 Å². The molecule has 3 rings (SSSR count). The highest BCUT2D eigenvalue weighted by atomic mass is 19.1. The van der Waals surface area contributed by atoms with Crippen LogP contribution < -0.4 is 10.1 Å². The smallest absolute Gasteiger partial charge is 0.260 e. The highest BCUT2D eigenvalue weighted by Crippen LogP contribution is 2.16. The van der Waals surface area contributed by atoms with E-state index in [0.717, 1.165) is 0 Å². The summed E-state index contributed by atoms with van der Waals surface area (Å²) in [6.45, 7) is 3.76. The van der Waals surface area contributed by atoms with Gasteiger partial charge >= 0.3 is 0 Å². The first-order valence-corrected chi connectivity index (χ1v) is 9.68. The molecule has 156 valence electrons. The molecule has 1 aliphatic heterocycles. The van der Waals surface area contributed by atoms with Gasteiger partial charge in [-0.15, -0.1) is 0 Å². The Morgan fingerprint density at radius 2 is 1.80 bits per heavy atom. The molecule has 7 nitrogen and oxygen atoms in total. The average molecular weight is 410 g/mol. The van der Waals surface area contributed by atoms with Crippen molar-refractivity contribution in [2.45, 2.75) is 13.0 Å². The fourth-order valence-corrected chi connectivity index (χ4v) is 3.22. The first kappa shape index (κ1) is 21.3. The van der Waals surface area contributed by atoms with E-state index in [4.69, 9.17) is 10.00 Å². The SMILES string of the molecule is CC(C(=O)Nc1ccccc1C#N)N1CCN(C(=O)COc2ccc(F)cc2)CC1. The third kappa shape index (κ3) is 5.33. The largest absolute Gasteiger partial charge is 0.484 e. The standard InChI is InChI=1S/C22H23FN4O3/c1-16(22(29)25-20-5-3-2-4-17(20)14-24)26-10-12-27(13-11-26)21(28)15-30-19-8-6-18(23)7-9-19/h2-9,16H,10-13,15H2,1H3,(H,25,29). The number of para-hydroxylation sites is 1. The molecule has 1 fully saturated rings. The van der Waals surface area contributed by atoms with Crippen molar-refractivity contribution in [2.24, 2.45) is 0 Å². The maximum Gasteiger partial charge on any atom is 0.260 e. The number of ether oxygens (including phenoxy) is 1. The van der Waals surface area contributed by atoms with Crippen LogP contribution in [0.25, 0.3) is 0 Å². The molecule has 1 unspecified atom stereocenters. The lowest BCUT2D eigenvalue weighted by Gasteiger charge is -2.37. The number of nitrogens with zero attached hydrogens (tertiary/aromatic N) is 3. The lowest BCUT2D eigenvalue weighted by Crippen LogP contribution is -2.54. The number of hydrogen-bond donors (Lipinski definition) is 1. The molecule has 1 N–H and O–H groups in total. The molecule has 2 aromatic carbocycles. The van der Waals surface area contributed by atoms with Crippen LogP contribution >= 0.6 is 0 Å². The van der Waals surface area contributed by atoms with Crippen molar-refractivity contribution in [3.8, 4) is 11.8 Å². The van der Waals surface area contributed by atoms with Crippen molar-refractivity contribution in [1.82, 2.24) is 9.80 Å². The monoisotopic (exact) mass is 410 g/mol. The van der Waals surface area contributed by atoms with Gasteiger partial charge in [0.15, 0.2) is 6.61 Å². The van der Waals surface area contributed by atoms with Gasteiger partial charge in [-0.2, -0.15) is 5.26 Å². The van der Waals surface area contributed by atoms with Crippen LogP contribution in [0.1, 0.15) is 12.5 Å². The molecule has 30 heavy (non-hydrogen) atoms. The summed E-state index contributed by atoms with van der Waals surface area (Å²) >= 11 is 0. The molecule has 2 aromatic rings. The molecule has 0 bridgehead atoms. The van der Waals surface area contributed by atoms with Gasteiger partial charge in [0.1, 0.15) is 17.6 Å². The van der Waals surface area contributed by atoms with Crippen LogP contribution in [-0.4, -0.2) is 60.4 Å². The number of piperazine rings is 1. The highest BCUT2D eigenvalue weighted by Gasteiger charge is 2.28. The zero-order valence-electron chi connectivity index (χ0n) is 16.7. The van der Waals surface area contributed by atoms with Gasteiger partial charge in [0, 0.05) is 26.2 Å². The van der Waals surface area contributed by atoms with Crippen LogP contribution in [-0.2, 0) is 9.59 Å². The van der Waals surface area contributed by atoms with Crippen molar-refractivity contribution in [3.05, 3.63) is 59.9 Å². The summed E-state index contributed by atoms with van der Waals surface area (Å²) in [4.78, 5) is 28.6. The Hall–Kier alpha value is -3.44. The number of halogens is 1. The summed E-state index contributed by atoms with van der Waals surface area (Å²) in [6, 6.07) is 14.0. The summed E-state index contributed by atoms with van der Waals surface area (Å²) < 4.78 is 18.3. The quantitative estimate of drug-likeness (QED) is 0.790. The molecule has 2 amide bonds. The van der Waals surface area contributed by atoms with E-state index in [1.807, 2.05) is 4.90 Å². The van der Waals surface area contributed by atoms with Crippen LogP contribution in [0.3, 0.4) is 0 Å². The van der Waals surface area contributed by atoms with Crippen LogP contribution in [0.4, 0.5) is 10.1 Å². The molecule has 1 atom stereocenters. The van der Waals surface area contributed by atoms with Gasteiger partial charge in [0.25, 0.3) is 5.91 Å². The first-order chi connectivity index (χ1) is 14.5. The lowest BCUT2D eigenvalue weighted by molar-refractivity contribution is -0.135. The van der Waals surface area contributed by atoms with E-state index in [1.165, 1.54) is 24.3 Å². The van der Waals surface area contributed by atoms with Crippen LogP contribution in [0.2, 0.25) is 0 Å². The number of carbonyl (C=O) groups is 2. The molecule has 0 radical (unpaired) electrons. The molecular formula is C22H23FN4O3. The second-order valence-corrected chi connectivity index (χ2v) is 6.98. The number of hydrogen-bond acceptors (Lipinski definition) is 5. The van der Waals surface area contributed by atoms with Crippen molar-refractivity contribution >= 4 is 17.5 Å². The molecule has 8 heteroatoms. The summed E-state index contributed by atoms with van der Waals surface area (Å²) in [6.07, 6.45) is 0. The van der Waals surface area contributed by atoms with Crippen molar-refractivity contribution in [2.75, 3.05) is 38.1 Å². The Labute approximate surface area is 174 Å². The number of nitriles is 1. The van der Waals surface area contributed by atoms with Crippen LogP contribution in [0, 0.1) is 17.1 Å². The Balaban J connectivity index is 1.47. The molecule has 1 heterocycles. The Kier molecular flexibility index (Phi) is 6.99. The Bertz CT molecular complexity index is 934. The lowest BCUT2D eigenvalue weighted by atomic mass is 10.1. The van der Waals surface area contributed by atoms with Crippen LogP contribution in [0.15, 0.2) is 48.5 Å². The minimum atomic E-state index is -0.399. The van der Waals surface area contributed by atoms with Gasteiger partial charge in [0.2, 0.25) is 5.91 Å². The topological polar surface area (TPSA) is 85.7 Å². The van der Waals surface area contributed by atoms with E-state index in [-0.39, 0.29) is 24.2 Å². The van der Waals surface area contributed by atoms with E-state index in [1.54, 1.807) is 36.1 Å². The number of anilines is 1. The maximum atomic E-state index is 12.9. The molecule has 0 aromatic heterocycles. The molecule has 0 saturated carbocycles. The zero-order valence-corrected chi connectivity index (χ0v) is 16.7. The summed E-state index contributed by atoms with van der Waals surface area (Å²) in [5.74, 6) is -0.276. The van der Waals surface area contributed by atoms with E-state index >= 15 is 0 Å². The van der Waals surface area contributed by atoms with E-state index in [2.05, 4.69) is 11.4 Å². The second-order valence-electron chi connectivity index (χ2n) is 6.98. The van der Waals surface area contributed by atoms with Gasteiger partial charge in [0.05, 0.1) is 17.3 Å². The minimum Gasteiger partial charge on any atom is -0.484 e. The summed E-state index contributed by atoms with van der Waals surface area (Å²) in [7, 11) is 0. The second kappa shape index (κ2) is 9.85. The van der Waals surface area contributed by atoms with Gasteiger partial charge in [-0.3, -0.25) is 14.5 Å². The number of amides is 2. The molecule has 0 aliphatic carbocycles. The number of carbonyl (C=O) groups excluding carboxylic acids is 2. The minimum absolute atomic E-state index is 0.118. The molecule has 1 aliphatic rings. The van der Waals surface area contributed by atoms with Crippen molar-refractivity contribution in [1.29, 1.82) is 5.26 Å². The predicted octanol–water partition coefficient (Wildman–Crippen LogP) is 2.25. The van der Waals surface area contributed by atoms with Gasteiger partial charge in [-0.1, -0.05) is 12.1 Å². The highest BCUT2D eigenvalue weighted by molar-refractivity contribution is 5.95. The van der Waals surface area contributed by atoms with E-state index < -0.39 is 6.04 Å². The summed E-state index contributed by atoms with van der Waals surface area (Å²) in [5, 5.41) is 12.0. The number of nitrogens with one attached hydrogen (secondary N) is 1. The fourth-order valence-electron chi connectivity index (χ4n) is 3.22. The Morgan fingerprint density at radius 1 is 1.13 bits per heavy atom. The summed E-state index contributed by atoms with van der Waals surface area (Å²) in [5.41, 5.74) is 0.901. The number of rotatable bonds is 6. The average Bonchev–Trinajstić information content (AvgIpc) is 2.78. The first-order valence-electron chi connectivity index (χ1n) is 9.68. The molecular weight excluding hydrogens is 387 g/mol. The van der Waals surface area contributed by atoms with E-state index in [0.29, 0.717) is 43.2 Å². The third-order valence-electron chi connectivity index (χ3n) is 5.08. The van der Waals surface area contributed by atoms with Gasteiger partial charge in [-0.25, -0.2) is 4.39 Å². The maximum absolute atomic E-state index is 12.9. The third-order valence-corrected chi connectivity index (χ3v) is 5.08. The predicted molar refractivity (Wildman–Crippen MR) is 109 cm³/mol. The molecule has 0 spiro atoms. The van der Waals surface area contributed by atoms with E-state index in [9.17, 15) is 14.0 Å². The normalized spacial score (nSPS) is 15.2. The zero-order chi connectivity index (χ0) is 21.5. The van der Waals surface area contributed by atoms with Crippen molar-refractivity contribution < 1.29 is 18.7 Å². The van der Waals surface area contributed by atoms with Gasteiger partial charge < -0.3 is 15.0 Å².